The molecule has 0 radical (unpaired) electrons. The van der Waals surface area contributed by atoms with Gasteiger partial charge in [-0.3, -0.25) is 9.59 Å². The maximum absolute atomic E-state index is 13.4. The number of aromatic amines is 1. The van der Waals surface area contributed by atoms with E-state index in [2.05, 4.69) is 17.2 Å². The number of aryl methyl sites for hydroxylation is 2. The van der Waals surface area contributed by atoms with Crippen LogP contribution in [0.25, 0.3) is 27.6 Å². The van der Waals surface area contributed by atoms with Crippen LogP contribution in [0, 0.1) is 12.8 Å². The molecule has 4 aromatic rings. The van der Waals surface area contributed by atoms with Crippen molar-refractivity contribution in [2.45, 2.75) is 89.0 Å². The summed E-state index contributed by atoms with van der Waals surface area (Å²) in [5.74, 6) is 1.05. The molecule has 7 N–H and O–H groups in total. The Kier molecular flexibility index (Phi) is 9.69. The lowest BCUT2D eigenvalue weighted by molar-refractivity contribution is -0.360. The quantitative estimate of drug-likeness (QED) is 0.0797. The molecule has 0 bridgehead atoms. The molecule has 0 saturated carbocycles. The molecule has 6 rings (SSSR count). The molecule has 14 heteroatoms. The van der Waals surface area contributed by atoms with Gasteiger partial charge in [0, 0.05) is 54.5 Å². The topological polar surface area (TPSA) is 209 Å². The molecule has 260 valence electrons. The summed E-state index contributed by atoms with van der Waals surface area (Å²) in [6.45, 7) is 4.82. The van der Waals surface area contributed by atoms with Gasteiger partial charge in [-0.05, 0) is 51.2 Å². The Morgan fingerprint density at radius 1 is 1.10 bits per heavy atom. The molecule has 3 aromatic heterocycles. The van der Waals surface area contributed by atoms with Gasteiger partial charge in [-0.1, -0.05) is 6.92 Å². The second kappa shape index (κ2) is 13.6. The van der Waals surface area contributed by atoms with Crippen molar-refractivity contribution in [1.29, 1.82) is 0 Å². The highest BCUT2D eigenvalue weighted by Gasteiger charge is 2.45. The number of nitrogens with one attached hydrogen (secondary N) is 2. The number of carbonyl (C=O) groups is 1. The monoisotopic (exact) mass is 669 g/mol. The summed E-state index contributed by atoms with van der Waals surface area (Å²) in [5.41, 5.74) is 2.29. The number of carbonyl (C=O) groups excluding carboxylic acids is 1. The van der Waals surface area contributed by atoms with Crippen molar-refractivity contribution in [3.63, 3.8) is 0 Å². The van der Waals surface area contributed by atoms with Gasteiger partial charge in [0.2, 0.25) is 5.91 Å². The highest BCUT2D eigenvalue weighted by atomic mass is 17.2. The Bertz CT molecular complexity index is 1850. The summed E-state index contributed by atoms with van der Waals surface area (Å²) in [7, 11) is 0. The van der Waals surface area contributed by atoms with Gasteiger partial charge in [0.1, 0.15) is 54.2 Å². The van der Waals surface area contributed by atoms with Crippen LogP contribution in [0.4, 0.5) is 0 Å². The predicted octanol–water partition coefficient (Wildman–Crippen LogP) is 1.30. The first-order chi connectivity index (χ1) is 22.9. The fourth-order valence-electron chi connectivity index (χ4n) is 6.82. The zero-order valence-electron chi connectivity index (χ0n) is 27.1. The maximum Gasteiger partial charge on any atom is 0.220 e. The zero-order valence-corrected chi connectivity index (χ0v) is 27.1. The Morgan fingerprint density at radius 2 is 1.88 bits per heavy atom. The van der Waals surface area contributed by atoms with Gasteiger partial charge in [-0.15, -0.1) is 0 Å². The largest absolute Gasteiger partial charge is 0.482 e. The highest BCUT2D eigenvalue weighted by Crippen LogP contribution is 2.46. The van der Waals surface area contributed by atoms with Crippen molar-refractivity contribution in [3.05, 3.63) is 57.8 Å². The van der Waals surface area contributed by atoms with Gasteiger partial charge in [-0.2, -0.15) is 0 Å². The number of rotatable bonds is 13. The number of aliphatic hydroxyl groups excluding tert-OH is 5. The third kappa shape index (κ3) is 6.36. The number of benzene rings is 1. The first-order valence-corrected chi connectivity index (χ1v) is 16.3. The van der Waals surface area contributed by atoms with E-state index in [1.54, 1.807) is 13.0 Å². The van der Waals surface area contributed by atoms with E-state index < -0.39 is 49.3 Å². The molecular formula is C34H43N3O11. The number of amides is 1. The van der Waals surface area contributed by atoms with Crippen LogP contribution in [0.15, 0.2) is 39.8 Å². The number of ether oxygens (including phenoxy) is 1. The lowest BCUT2D eigenvalue weighted by Gasteiger charge is -2.42. The number of aliphatic hydroxyl groups is 5. The van der Waals surface area contributed by atoms with Crippen LogP contribution in [0.1, 0.15) is 50.1 Å². The number of nitrogens with zero attached hydrogens (tertiary/aromatic N) is 1. The summed E-state index contributed by atoms with van der Waals surface area (Å²) in [5, 5.41) is 53.7. The number of aromatic nitrogens is 2. The number of fused-ring (bicyclic) bond motifs is 3. The molecule has 1 saturated heterocycles. The minimum Gasteiger partial charge on any atom is -0.482 e. The van der Waals surface area contributed by atoms with Crippen molar-refractivity contribution >= 4 is 27.8 Å². The standard InChI is InChI=1S/C34H43N3O11/c1-4-23-20-6-8-35-22(20)14-37(23)29-32-19(11-21-24(39)9-17(2)46-33(21)29)12-27(34(3,47-32)7-5-18-10-28(42)36-13-18)48-45-16-26(41)31(44)30(43)25(40)15-38/h6,8-9,11,14,18,25-27,30-31,35,38,40-41,43-44H,4-5,7,10,12-13,15-16H2,1-3H3,(H,36,42). The Balaban J connectivity index is 1.39. The first kappa shape index (κ1) is 34.1. The highest BCUT2D eigenvalue weighted by molar-refractivity contribution is 5.92. The molecule has 14 nitrogen and oxygen atoms in total. The van der Waals surface area contributed by atoms with Gasteiger partial charge in [0.15, 0.2) is 16.8 Å². The van der Waals surface area contributed by atoms with Gasteiger partial charge < -0.3 is 49.6 Å². The molecule has 1 amide bonds. The van der Waals surface area contributed by atoms with E-state index in [0.29, 0.717) is 66.0 Å². The fourth-order valence-corrected chi connectivity index (χ4v) is 6.82. The molecule has 0 spiro atoms. The van der Waals surface area contributed by atoms with Crippen LogP contribution in [0.5, 0.6) is 5.75 Å². The Morgan fingerprint density at radius 3 is 2.58 bits per heavy atom. The van der Waals surface area contributed by atoms with Gasteiger partial charge in [-0.25, -0.2) is 9.78 Å². The maximum atomic E-state index is 13.4. The summed E-state index contributed by atoms with van der Waals surface area (Å²) in [6.07, 6.45) is -1.51. The van der Waals surface area contributed by atoms with Crippen molar-refractivity contribution in [3.8, 4) is 11.4 Å². The van der Waals surface area contributed by atoms with E-state index in [-0.39, 0.29) is 23.7 Å². The summed E-state index contributed by atoms with van der Waals surface area (Å²) in [4.78, 5) is 39.9. The Labute approximate surface area is 275 Å². The molecule has 1 fully saturated rings. The minimum atomic E-state index is -1.82. The average molecular weight is 670 g/mol. The molecular weight excluding hydrogens is 626 g/mol. The van der Waals surface area contributed by atoms with E-state index in [9.17, 15) is 30.0 Å². The molecule has 1 aromatic carbocycles. The number of hydrogen-bond acceptors (Lipinski definition) is 11. The van der Waals surface area contributed by atoms with E-state index >= 15 is 0 Å². The van der Waals surface area contributed by atoms with E-state index in [1.165, 1.54) is 6.07 Å². The van der Waals surface area contributed by atoms with Gasteiger partial charge in [0.05, 0.1) is 17.5 Å². The number of H-pyrrole nitrogens is 1. The van der Waals surface area contributed by atoms with Crippen LogP contribution >= 0.6 is 0 Å². The third-order valence-corrected chi connectivity index (χ3v) is 9.64. The van der Waals surface area contributed by atoms with Crippen molar-refractivity contribution in [2.24, 2.45) is 5.92 Å². The molecule has 0 aliphatic carbocycles. The third-order valence-electron chi connectivity index (χ3n) is 9.64. The van der Waals surface area contributed by atoms with Gasteiger partial charge in [0.25, 0.3) is 0 Å². The summed E-state index contributed by atoms with van der Waals surface area (Å²) < 4.78 is 15.2. The molecule has 48 heavy (non-hydrogen) atoms. The van der Waals surface area contributed by atoms with Crippen molar-refractivity contribution in [1.82, 2.24) is 14.9 Å². The summed E-state index contributed by atoms with van der Waals surface area (Å²) in [6, 6.07) is 5.18. The lowest BCUT2D eigenvalue weighted by Crippen LogP contribution is -2.51. The van der Waals surface area contributed by atoms with Crippen molar-refractivity contribution in [2.75, 3.05) is 19.8 Å². The van der Waals surface area contributed by atoms with Gasteiger partial charge >= 0.3 is 0 Å². The van der Waals surface area contributed by atoms with E-state index in [4.69, 9.17) is 24.0 Å². The molecule has 5 heterocycles. The van der Waals surface area contributed by atoms with Crippen LogP contribution in [0.3, 0.4) is 0 Å². The van der Waals surface area contributed by atoms with Crippen molar-refractivity contribution < 1.29 is 49.3 Å². The minimum absolute atomic E-state index is 0.00758. The molecule has 2 aliphatic rings. The van der Waals surface area contributed by atoms with Crippen LogP contribution in [-0.2, 0) is 27.4 Å². The van der Waals surface area contributed by atoms with E-state index in [0.717, 1.165) is 16.6 Å². The van der Waals surface area contributed by atoms with Crippen LogP contribution < -0.4 is 15.5 Å². The average Bonchev–Trinajstić information content (AvgIpc) is 3.78. The first-order valence-electron chi connectivity index (χ1n) is 16.3. The van der Waals surface area contributed by atoms with Crippen LogP contribution in [0.2, 0.25) is 0 Å². The zero-order chi connectivity index (χ0) is 34.3. The predicted molar refractivity (Wildman–Crippen MR) is 173 cm³/mol. The second-order valence-electron chi connectivity index (χ2n) is 13.1. The smallest absolute Gasteiger partial charge is 0.220 e. The van der Waals surface area contributed by atoms with E-state index in [1.807, 2.05) is 30.0 Å². The number of hydrogen-bond donors (Lipinski definition) is 7. The SMILES string of the molecule is CCc1c2cc[nH]c2cn1-c1c2c(cc3c(=O)cc(C)oc13)CC(OOCC(O)C(O)C(O)C(O)CO)C(C)(CCC1CNC(=O)C1)O2. The molecule has 7 unspecified atom stereocenters. The summed E-state index contributed by atoms with van der Waals surface area (Å²) >= 11 is 0. The molecule has 7 atom stereocenters. The van der Waals surface area contributed by atoms with Crippen LogP contribution in [-0.4, -0.2) is 96.9 Å². The normalized spacial score (nSPS) is 23.5. The lowest BCUT2D eigenvalue weighted by atomic mass is 9.83. The second-order valence-corrected chi connectivity index (χ2v) is 13.1. The fraction of sp³-hybridized carbons (Fsp3) is 0.529. The molecule has 2 aliphatic heterocycles. The Hall–Kier alpha value is -3.76.